The number of aromatic carboxylic acids is 1. The first-order valence-electron chi connectivity index (χ1n) is 24.0. The van der Waals surface area contributed by atoms with Crippen molar-refractivity contribution in [3.05, 3.63) is 93.1 Å². The number of rotatable bonds is 14. The van der Waals surface area contributed by atoms with Crippen LogP contribution in [-0.4, -0.2) is 131 Å². The summed E-state index contributed by atoms with van der Waals surface area (Å²) >= 11 is 0. The molecule has 4 saturated carbocycles. The maximum atomic E-state index is 17.5. The molecule has 5 aliphatic carbocycles. The van der Waals surface area contributed by atoms with Gasteiger partial charge in [0.05, 0.1) is 41.9 Å². The largest absolute Gasteiger partial charge is 0.492 e. The van der Waals surface area contributed by atoms with Crippen molar-refractivity contribution in [3.63, 3.8) is 0 Å². The number of hydrogen-bond donors (Lipinski definition) is 3. The first-order valence-corrected chi connectivity index (χ1v) is 24.0. The first kappa shape index (κ1) is 49.2. The second-order valence-corrected chi connectivity index (χ2v) is 20.5. The highest BCUT2D eigenvalue weighted by molar-refractivity contribution is 6.01. The Labute approximate surface area is 402 Å². The van der Waals surface area contributed by atoms with E-state index in [0.717, 1.165) is 18.9 Å². The van der Waals surface area contributed by atoms with Gasteiger partial charge in [-0.05, 0) is 107 Å². The monoisotopic (exact) mass is 971 g/mol. The lowest BCUT2D eigenvalue weighted by atomic mass is 9.44. The zero-order valence-electron chi connectivity index (χ0n) is 39.9. The maximum Gasteiger partial charge on any atom is 0.341 e. The van der Waals surface area contributed by atoms with Crippen molar-refractivity contribution in [1.29, 1.82) is 0 Å². The highest BCUT2D eigenvalue weighted by Crippen LogP contribution is 2.70. The fourth-order valence-corrected chi connectivity index (χ4v) is 12.9. The van der Waals surface area contributed by atoms with Gasteiger partial charge in [0.15, 0.2) is 36.4 Å². The molecule has 0 bridgehead atoms. The minimum absolute atomic E-state index is 0.0229. The van der Waals surface area contributed by atoms with E-state index in [9.17, 15) is 44.1 Å². The molecule has 0 radical (unpaired) electrons. The van der Waals surface area contributed by atoms with Gasteiger partial charge < -0.3 is 43.7 Å². The second-order valence-electron chi connectivity index (χ2n) is 20.5. The summed E-state index contributed by atoms with van der Waals surface area (Å²) in [6, 6.07) is 6.41. The average Bonchev–Trinajstić information content (AvgIpc) is 4.15. The van der Waals surface area contributed by atoms with E-state index < -0.39 is 93.1 Å². The minimum Gasteiger partial charge on any atom is -0.492 e. The Kier molecular flexibility index (Phi) is 12.7. The zero-order valence-corrected chi connectivity index (χ0v) is 39.9. The van der Waals surface area contributed by atoms with Crippen LogP contribution in [0.5, 0.6) is 5.75 Å². The van der Waals surface area contributed by atoms with Gasteiger partial charge in [0.1, 0.15) is 16.9 Å². The molecule has 16 nitrogen and oxygen atoms in total. The number of alkyl halides is 1. The standard InChI is InChI=1S/C52H59F2N3O13/c1-28-20-38-37-13-10-32-21-34(58)14-15-49(32,3)51(37,54)40(59)23-50(38,4)52(28,66)41(60)26-69-47(64)30-6-8-31(9-7-30)48(65)70-27-68-19-18-55-16-17-56(24-29(55)2)43-39(53)22-35-42(45(43)67-5)57(33-11-12-33)25-36(44(35)61)46(62)63/h6-9,14-15,21-22,25,28-29,33,37-38,40,59,66H,10-13,16-20,23-24,26-27H2,1-5H3,(H,62,63)/t28-,29?,37?,38+,40+,49+,50+,51+,52+/m1/s1. The number of nitrogens with zero attached hydrogens (tertiary/aromatic N) is 3. The fourth-order valence-electron chi connectivity index (χ4n) is 12.9. The Bertz CT molecular complexity index is 2790. The van der Waals surface area contributed by atoms with E-state index >= 15 is 8.78 Å². The van der Waals surface area contributed by atoms with Gasteiger partial charge >= 0.3 is 17.9 Å². The number of benzene rings is 2. The lowest BCUT2D eigenvalue weighted by molar-refractivity contribution is -0.219. The van der Waals surface area contributed by atoms with E-state index in [1.54, 1.807) is 31.4 Å². The Morgan fingerprint density at radius 1 is 0.957 bits per heavy atom. The number of anilines is 1. The lowest BCUT2D eigenvalue weighted by Crippen LogP contribution is -2.69. The quantitative estimate of drug-likeness (QED) is 0.102. The number of carbonyl (C=O) groups is 5. The molecule has 2 aromatic carbocycles. The van der Waals surface area contributed by atoms with Crippen molar-refractivity contribution in [2.45, 2.75) is 95.7 Å². The number of aliphatic hydroxyl groups is 2. The number of aliphatic hydroxyl groups excluding tert-OH is 1. The summed E-state index contributed by atoms with van der Waals surface area (Å²) in [7, 11) is 1.40. The summed E-state index contributed by atoms with van der Waals surface area (Å²) < 4.78 is 57.2. The Morgan fingerprint density at radius 3 is 2.29 bits per heavy atom. The van der Waals surface area contributed by atoms with Crippen LogP contribution in [-0.2, 0) is 23.8 Å². The number of ether oxygens (including phenoxy) is 4. The van der Waals surface area contributed by atoms with Crippen LogP contribution in [0, 0.1) is 34.4 Å². The molecule has 70 heavy (non-hydrogen) atoms. The Hall–Kier alpha value is -5.82. The Balaban J connectivity index is 0.748. The topological polar surface area (TPSA) is 211 Å². The number of Topliss-reactive ketones (excluding diaryl/α,β-unsaturated/α-hetero) is 1. The number of esters is 2. The molecule has 18 heteroatoms. The number of methoxy groups -OCH3 is 1. The average molecular weight is 972 g/mol. The summed E-state index contributed by atoms with van der Waals surface area (Å²) in [6.45, 7) is 8.00. The van der Waals surface area contributed by atoms with Gasteiger partial charge in [-0.1, -0.05) is 25.5 Å². The third-order valence-electron chi connectivity index (χ3n) is 16.8. The fraction of sp³-hybridized carbons (Fsp3) is 0.538. The second kappa shape index (κ2) is 18.1. The first-order chi connectivity index (χ1) is 33.2. The molecule has 1 aromatic heterocycles. The van der Waals surface area contributed by atoms with Gasteiger partial charge in [-0.2, -0.15) is 0 Å². The van der Waals surface area contributed by atoms with Gasteiger partial charge in [0, 0.05) is 61.2 Å². The molecule has 1 saturated heterocycles. The highest BCUT2D eigenvalue weighted by atomic mass is 19.1. The van der Waals surface area contributed by atoms with Crippen LogP contribution in [0.1, 0.15) is 103 Å². The molecular weight excluding hydrogens is 913 g/mol. The number of aromatic nitrogens is 1. The SMILES string of the molecule is COc1c(N2CCN(CCOCOC(=O)c3ccc(C(=O)OCC(=O)[C@@]4(O)[C@H](C)C[C@H]5C6CCC7=CC(=O)C=C[C@]7(C)[C@@]6(F)[C@@H](O)C[C@@]54C)cc3)C(C)C2)c(F)cc2c(=O)c(C(=O)O)cn(C3CC3)c12. The molecule has 374 valence electrons. The maximum absolute atomic E-state index is 17.5. The molecule has 0 spiro atoms. The number of halogens is 2. The summed E-state index contributed by atoms with van der Waals surface area (Å²) in [5.41, 5.74) is -6.46. The molecular formula is C52H59F2N3O13. The predicted octanol–water partition coefficient (Wildman–Crippen LogP) is 5.60. The van der Waals surface area contributed by atoms with Crippen LogP contribution in [0.2, 0.25) is 0 Å². The van der Waals surface area contributed by atoms with E-state index in [2.05, 4.69) is 4.90 Å². The molecule has 3 aromatic rings. The lowest BCUT2D eigenvalue weighted by Gasteiger charge is -2.62. The summed E-state index contributed by atoms with van der Waals surface area (Å²) in [6.07, 6.45) is 6.58. The van der Waals surface area contributed by atoms with Crippen LogP contribution in [0.15, 0.2) is 65.1 Å². The van der Waals surface area contributed by atoms with E-state index in [4.69, 9.17) is 18.9 Å². The van der Waals surface area contributed by atoms with E-state index in [0.29, 0.717) is 56.5 Å². The number of carboxylic acid groups (broad SMARTS) is 1. The molecule has 2 unspecified atom stereocenters. The molecule has 3 N–H and O–H groups in total. The van der Waals surface area contributed by atoms with Crippen LogP contribution in [0.4, 0.5) is 14.5 Å². The number of ketones is 2. The number of carboxylic acids is 1. The minimum atomic E-state index is -2.13. The predicted molar refractivity (Wildman–Crippen MR) is 249 cm³/mol. The van der Waals surface area contributed by atoms with Crippen LogP contribution >= 0.6 is 0 Å². The zero-order chi connectivity index (χ0) is 50.2. The third kappa shape index (κ3) is 7.76. The van der Waals surface area contributed by atoms with Crippen molar-refractivity contribution in [2.24, 2.45) is 28.6 Å². The van der Waals surface area contributed by atoms with Crippen molar-refractivity contribution in [2.75, 3.05) is 58.2 Å². The smallest absolute Gasteiger partial charge is 0.341 e. The van der Waals surface area contributed by atoms with E-state index in [-0.39, 0.29) is 65.6 Å². The summed E-state index contributed by atoms with van der Waals surface area (Å²) in [5, 5.41) is 33.5. The van der Waals surface area contributed by atoms with Crippen LogP contribution < -0.4 is 15.1 Å². The van der Waals surface area contributed by atoms with Crippen molar-refractivity contribution in [1.82, 2.24) is 9.47 Å². The van der Waals surface area contributed by atoms with Crippen LogP contribution in [0.3, 0.4) is 0 Å². The molecule has 2 heterocycles. The van der Waals surface area contributed by atoms with Gasteiger partial charge in [-0.3, -0.25) is 19.3 Å². The van der Waals surface area contributed by atoms with Crippen molar-refractivity contribution < 1.29 is 67.0 Å². The molecule has 9 atom stereocenters. The number of piperazine rings is 1. The Morgan fingerprint density at radius 2 is 1.64 bits per heavy atom. The van der Waals surface area contributed by atoms with E-state index in [1.807, 2.05) is 11.8 Å². The number of allylic oxidation sites excluding steroid dienone is 4. The molecule has 0 amide bonds. The molecule has 1 aliphatic heterocycles. The number of pyridine rings is 1. The van der Waals surface area contributed by atoms with Crippen molar-refractivity contribution >= 4 is 46.1 Å². The van der Waals surface area contributed by atoms with Gasteiger partial charge in [-0.25, -0.2) is 23.2 Å². The summed E-state index contributed by atoms with van der Waals surface area (Å²) in [4.78, 5) is 81.1. The number of carbonyl (C=O) groups excluding carboxylic acids is 4. The highest BCUT2D eigenvalue weighted by Gasteiger charge is 2.75. The summed E-state index contributed by atoms with van der Waals surface area (Å²) in [5.74, 6) is -6.28. The molecule has 5 fully saturated rings. The molecule has 9 rings (SSSR count). The van der Waals surface area contributed by atoms with Gasteiger partial charge in [0.2, 0.25) is 11.2 Å². The third-order valence-corrected chi connectivity index (χ3v) is 16.8. The van der Waals surface area contributed by atoms with Gasteiger partial charge in [-0.15, -0.1) is 0 Å². The normalized spacial score (nSPS) is 31.6. The van der Waals surface area contributed by atoms with Crippen LogP contribution in [0.25, 0.3) is 10.9 Å². The van der Waals surface area contributed by atoms with Gasteiger partial charge in [0.25, 0.3) is 0 Å². The number of hydrogen-bond acceptors (Lipinski definition) is 14. The van der Waals surface area contributed by atoms with E-state index in [1.165, 1.54) is 49.7 Å². The molecule has 6 aliphatic rings. The number of fused-ring (bicyclic) bond motifs is 6. The van der Waals surface area contributed by atoms with Crippen molar-refractivity contribution in [3.8, 4) is 5.75 Å².